The average Bonchev–Trinajstić information content (AvgIpc) is 3.31. The molecule has 0 bridgehead atoms. The highest BCUT2D eigenvalue weighted by Gasteiger charge is 2.26. The van der Waals surface area contributed by atoms with Crippen LogP contribution in [0.2, 0.25) is 0 Å². The van der Waals surface area contributed by atoms with Gasteiger partial charge in [-0.2, -0.15) is 5.10 Å². The minimum atomic E-state index is 0.838. The van der Waals surface area contributed by atoms with Crippen LogP contribution in [0.15, 0.2) is 52.9 Å². The summed E-state index contributed by atoms with van der Waals surface area (Å²) in [4.78, 5) is 0. The summed E-state index contributed by atoms with van der Waals surface area (Å²) in [7, 11) is 0. The fourth-order valence-corrected chi connectivity index (χ4v) is 3.61. The maximum atomic E-state index is 6.08. The lowest BCUT2D eigenvalue weighted by molar-refractivity contribution is 0.626. The minimum absolute atomic E-state index is 0.838. The number of aryl methyl sites for hydroxylation is 1. The molecule has 1 aliphatic heterocycles. The molecule has 0 radical (unpaired) electrons. The number of para-hydroxylation sites is 1. The van der Waals surface area contributed by atoms with Crippen LogP contribution in [0.1, 0.15) is 16.7 Å². The Morgan fingerprint density at radius 3 is 2.84 bits per heavy atom. The number of nitrogens with zero attached hydrogens (tertiary/aromatic N) is 2. The van der Waals surface area contributed by atoms with Crippen LogP contribution in [-0.4, -0.2) is 16.3 Å². The van der Waals surface area contributed by atoms with Crippen LogP contribution in [0.25, 0.3) is 28.1 Å². The summed E-state index contributed by atoms with van der Waals surface area (Å²) in [6.45, 7) is 5.22. The molecule has 3 heterocycles. The van der Waals surface area contributed by atoms with Crippen molar-refractivity contribution < 1.29 is 4.42 Å². The van der Waals surface area contributed by atoms with E-state index in [-0.39, 0.29) is 0 Å². The molecule has 1 aliphatic rings. The van der Waals surface area contributed by atoms with Gasteiger partial charge in [-0.1, -0.05) is 30.3 Å². The highest BCUT2D eigenvalue weighted by molar-refractivity contribution is 5.83. The van der Waals surface area contributed by atoms with E-state index in [4.69, 9.17) is 9.52 Å². The number of aromatic nitrogens is 2. The molecule has 0 amide bonds. The smallest absolute Gasteiger partial charge is 0.156 e. The predicted molar refractivity (Wildman–Crippen MR) is 100 cm³/mol. The van der Waals surface area contributed by atoms with E-state index in [0.29, 0.717) is 0 Å². The van der Waals surface area contributed by atoms with Gasteiger partial charge in [0.15, 0.2) is 5.76 Å². The maximum absolute atomic E-state index is 6.08. The molecule has 0 fully saturated rings. The number of anilines is 1. The molecule has 4 heteroatoms. The molecule has 25 heavy (non-hydrogen) atoms. The Labute approximate surface area is 146 Å². The standard InChI is InChI=1S/C21H19N3O/c1-13-6-5-8-17(14(13)2)24-21-16(10-11-22-21)20(23-24)19-12-15-7-3-4-9-18(15)25-19/h3-9,12,22H,10-11H2,1-2H3. The molecule has 2 aromatic heterocycles. The molecule has 0 aliphatic carbocycles. The third-order valence-electron chi connectivity index (χ3n) is 5.11. The van der Waals surface area contributed by atoms with Crippen LogP contribution in [0.3, 0.4) is 0 Å². The first-order valence-electron chi connectivity index (χ1n) is 8.63. The van der Waals surface area contributed by atoms with Crippen LogP contribution in [0, 0.1) is 13.8 Å². The summed E-state index contributed by atoms with van der Waals surface area (Å²) in [5, 5.41) is 9.54. The van der Waals surface area contributed by atoms with Crippen LogP contribution in [0.4, 0.5) is 5.82 Å². The van der Waals surface area contributed by atoms with E-state index in [1.165, 1.54) is 16.7 Å². The first-order chi connectivity index (χ1) is 12.2. The van der Waals surface area contributed by atoms with Crippen molar-refractivity contribution in [3.05, 3.63) is 65.2 Å². The Morgan fingerprint density at radius 2 is 1.96 bits per heavy atom. The molecule has 2 aromatic carbocycles. The molecule has 1 N–H and O–H groups in total. The van der Waals surface area contributed by atoms with Crippen molar-refractivity contribution in [2.45, 2.75) is 20.3 Å². The highest BCUT2D eigenvalue weighted by atomic mass is 16.3. The molecule has 0 saturated heterocycles. The van der Waals surface area contributed by atoms with Crippen molar-refractivity contribution in [1.82, 2.24) is 9.78 Å². The van der Waals surface area contributed by atoms with E-state index in [9.17, 15) is 0 Å². The molecule has 0 spiro atoms. The van der Waals surface area contributed by atoms with Crippen molar-refractivity contribution in [2.24, 2.45) is 0 Å². The van der Waals surface area contributed by atoms with Crippen molar-refractivity contribution in [2.75, 3.05) is 11.9 Å². The Bertz CT molecular complexity index is 1070. The Morgan fingerprint density at radius 1 is 1.08 bits per heavy atom. The van der Waals surface area contributed by atoms with Gasteiger partial charge in [0, 0.05) is 17.5 Å². The Hall–Kier alpha value is -3.01. The summed E-state index contributed by atoms with van der Waals surface area (Å²) < 4.78 is 8.11. The van der Waals surface area contributed by atoms with E-state index in [0.717, 1.165) is 46.9 Å². The zero-order valence-electron chi connectivity index (χ0n) is 14.3. The van der Waals surface area contributed by atoms with Gasteiger partial charge in [0.1, 0.15) is 17.1 Å². The summed E-state index contributed by atoms with van der Waals surface area (Å²) in [6.07, 6.45) is 0.965. The second-order valence-electron chi connectivity index (χ2n) is 6.63. The Balaban J connectivity index is 1.73. The summed E-state index contributed by atoms with van der Waals surface area (Å²) in [5.41, 5.74) is 6.71. The van der Waals surface area contributed by atoms with Crippen molar-refractivity contribution in [1.29, 1.82) is 0 Å². The first-order valence-corrected chi connectivity index (χ1v) is 8.63. The van der Waals surface area contributed by atoms with Gasteiger partial charge >= 0.3 is 0 Å². The second-order valence-corrected chi connectivity index (χ2v) is 6.63. The lowest BCUT2D eigenvalue weighted by Gasteiger charge is -2.11. The fraction of sp³-hybridized carbons (Fsp3) is 0.190. The van der Waals surface area contributed by atoms with Gasteiger partial charge in [0.05, 0.1) is 5.69 Å². The first kappa shape index (κ1) is 14.3. The van der Waals surface area contributed by atoms with Gasteiger partial charge in [0.25, 0.3) is 0 Å². The molecular weight excluding hydrogens is 310 g/mol. The fourth-order valence-electron chi connectivity index (χ4n) is 3.61. The number of hydrogen-bond acceptors (Lipinski definition) is 3. The number of furan rings is 1. The van der Waals surface area contributed by atoms with Crippen molar-refractivity contribution in [3.63, 3.8) is 0 Å². The number of fused-ring (bicyclic) bond motifs is 2. The third kappa shape index (κ3) is 2.10. The van der Waals surface area contributed by atoms with Gasteiger partial charge in [-0.05, 0) is 49.6 Å². The predicted octanol–water partition coefficient (Wildman–Crippen LogP) is 4.87. The average molecular weight is 329 g/mol. The molecule has 5 rings (SSSR count). The molecule has 4 nitrogen and oxygen atoms in total. The molecule has 0 atom stereocenters. The van der Waals surface area contributed by atoms with E-state index in [1.54, 1.807) is 0 Å². The Kier molecular flexibility index (Phi) is 3.01. The van der Waals surface area contributed by atoms with E-state index in [2.05, 4.69) is 49.5 Å². The number of benzene rings is 2. The topological polar surface area (TPSA) is 43.0 Å². The maximum Gasteiger partial charge on any atom is 0.156 e. The zero-order chi connectivity index (χ0) is 17.0. The summed E-state index contributed by atoms with van der Waals surface area (Å²) in [5.74, 6) is 1.93. The largest absolute Gasteiger partial charge is 0.454 e. The van der Waals surface area contributed by atoms with Crippen LogP contribution >= 0.6 is 0 Å². The monoisotopic (exact) mass is 329 g/mol. The number of rotatable bonds is 2. The molecule has 4 aromatic rings. The summed E-state index contributed by atoms with van der Waals surface area (Å²) >= 11 is 0. The van der Waals surface area contributed by atoms with Crippen LogP contribution < -0.4 is 5.32 Å². The highest BCUT2D eigenvalue weighted by Crippen LogP contribution is 2.37. The van der Waals surface area contributed by atoms with Gasteiger partial charge in [-0.25, -0.2) is 4.68 Å². The quantitative estimate of drug-likeness (QED) is 0.570. The van der Waals surface area contributed by atoms with E-state index >= 15 is 0 Å². The molecule has 124 valence electrons. The van der Waals surface area contributed by atoms with E-state index in [1.807, 2.05) is 22.9 Å². The van der Waals surface area contributed by atoms with Crippen LogP contribution in [0.5, 0.6) is 0 Å². The minimum Gasteiger partial charge on any atom is -0.454 e. The van der Waals surface area contributed by atoms with E-state index < -0.39 is 0 Å². The third-order valence-corrected chi connectivity index (χ3v) is 5.11. The van der Waals surface area contributed by atoms with Gasteiger partial charge in [-0.15, -0.1) is 0 Å². The molecule has 0 saturated carbocycles. The molecule has 0 unspecified atom stereocenters. The van der Waals surface area contributed by atoms with Gasteiger partial charge in [0.2, 0.25) is 0 Å². The van der Waals surface area contributed by atoms with Gasteiger partial charge < -0.3 is 9.73 Å². The second kappa shape index (κ2) is 5.24. The lowest BCUT2D eigenvalue weighted by Crippen LogP contribution is -2.06. The van der Waals surface area contributed by atoms with Gasteiger partial charge in [-0.3, -0.25) is 0 Å². The number of nitrogens with one attached hydrogen (secondary N) is 1. The summed E-state index contributed by atoms with van der Waals surface area (Å²) in [6, 6.07) is 16.5. The van der Waals surface area contributed by atoms with Crippen molar-refractivity contribution >= 4 is 16.8 Å². The number of hydrogen-bond donors (Lipinski definition) is 1. The lowest BCUT2D eigenvalue weighted by atomic mass is 10.1. The van der Waals surface area contributed by atoms with Crippen molar-refractivity contribution in [3.8, 4) is 17.1 Å². The SMILES string of the molecule is Cc1cccc(-n2nc(-c3cc4ccccc4o3)c3c2NCC3)c1C. The van der Waals surface area contributed by atoms with Crippen LogP contribution in [-0.2, 0) is 6.42 Å². The zero-order valence-corrected chi connectivity index (χ0v) is 14.3. The normalized spacial score (nSPS) is 13.2. The molecular formula is C21H19N3O.